The zero-order valence-corrected chi connectivity index (χ0v) is 16.1. The molecule has 0 bridgehead atoms. The first-order chi connectivity index (χ1) is 12.6. The summed E-state index contributed by atoms with van der Waals surface area (Å²) in [5.41, 5.74) is 9.26. The highest BCUT2D eigenvalue weighted by atomic mass is 32.2. The number of hydrogen-bond donors (Lipinski definition) is 3. The fraction of sp³-hybridized carbons (Fsp3) is 0.632. The van der Waals surface area contributed by atoms with E-state index in [2.05, 4.69) is 10.8 Å². The lowest BCUT2D eigenvalue weighted by molar-refractivity contribution is 0.00879. The van der Waals surface area contributed by atoms with Crippen molar-refractivity contribution >= 4 is 22.4 Å². The van der Waals surface area contributed by atoms with Gasteiger partial charge < -0.3 is 11.1 Å². The molecule has 1 aromatic rings. The molecule has 0 spiro atoms. The molecule has 1 saturated carbocycles. The summed E-state index contributed by atoms with van der Waals surface area (Å²) in [6.07, 6.45) is 6.19. The second-order valence-electron chi connectivity index (χ2n) is 7.27. The van der Waals surface area contributed by atoms with E-state index < -0.39 is 10.8 Å². The molecule has 1 heterocycles. The van der Waals surface area contributed by atoms with Gasteiger partial charge in [0.25, 0.3) is 5.91 Å². The lowest BCUT2D eigenvalue weighted by atomic mass is 9.93. The molecule has 7 heteroatoms. The molecule has 3 rings (SSSR count). The minimum Gasteiger partial charge on any atom is -0.398 e. The molecule has 2 fully saturated rings. The van der Waals surface area contributed by atoms with Gasteiger partial charge in [0.1, 0.15) is 0 Å². The Bertz CT molecular complexity index is 657. The summed E-state index contributed by atoms with van der Waals surface area (Å²) in [6, 6.07) is 5.33. The average molecular weight is 380 g/mol. The Morgan fingerprint density at radius 2 is 2.23 bits per heavy atom. The third-order valence-corrected chi connectivity index (χ3v) is 6.61. The zero-order chi connectivity index (χ0) is 18.5. The number of nitrogen functional groups attached to an aromatic ring is 1. The number of nitrogens with two attached hydrogens (primary N) is 1. The van der Waals surface area contributed by atoms with Crippen LogP contribution in [-0.2, 0) is 15.6 Å². The van der Waals surface area contributed by atoms with Crippen molar-refractivity contribution in [1.82, 2.24) is 10.8 Å². The molecule has 144 valence electrons. The van der Waals surface area contributed by atoms with Crippen LogP contribution in [0.5, 0.6) is 0 Å². The van der Waals surface area contributed by atoms with Crippen molar-refractivity contribution in [2.75, 3.05) is 24.6 Å². The lowest BCUT2D eigenvalue weighted by Crippen LogP contribution is -2.36. The van der Waals surface area contributed by atoms with Crippen molar-refractivity contribution in [1.29, 1.82) is 0 Å². The van der Waals surface area contributed by atoms with Gasteiger partial charge in [-0.25, -0.2) is 5.48 Å². The Balaban J connectivity index is 1.54. The van der Waals surface area contributed by atoms with Gasteiger partial charge in [-0.1, -0.05) is 19.8 Å². The first-order valence-corrected chi connectivity index (χ1v) is 10.8. The van der Waals surface area contributed by atoms with E-state index in [4.69, 9.17) is 10.6 Å². The molecular weight excluding hydrogens is 350 g/mol. The summed E-state index contributed by atoms with van der Waals surface area (Å²) in [5, 5.41) is 3.55. The molecular formula is C19H29N3O3S. The SMILES string of the molecule is CCS(=O)c1cc(C(=O)NOCC(CC2CC2)C2CCCN2)ccc1N. The average Bonchev–Trinajstić information content (AvgIpc) is 3.30. The maximum absolute atomic E-state index is 12.4. The Morgan fingerprint density at radius 3 is 2.88 bits per heavy atom. The fourth-order valence-electron chi connectivity index (χ4n) is 3.55. The molecule has 1 aliphatic heterocycles. The van der Waals surface area contributed by atoms with E-state index >= 15 is 0 Å². The van der Waals surface area contributed by atoms with Gasteiger partial charge in [-0.3, -0.25) is 13.8 Å². The molecule has 1 saturated heterocycles. The Morgan fingerprint density at radius 1 is 1.42 bits per heavy atom. The Labute approximate surface area is 157 Å². The highest BCUT2D eigenvalue weighted by Crippen LogP contribution is 2.37. The predicted octanol–water partition coefficient (Wildman–Crippen LogP) is 2.23. The summed E-state index contributed by atoms with van der Waals surface area (Å²) < 4.78 is 12.0. The second kappa shape index (κ2) is 8.97. The minimum atomic E-state index is -1.20. The molecule has 4 N–H and O–H groups in total. The second-order valence-corrected chi connectivity index (χ2v) is 8.98. The Hall–Kier alpha value is -1.44. The fourth-order valence-corrected chi connectivity index (χ4v) is 4.45. The number of nitrogens with one attached hydrogen (secondary N) is 2. The van der Waals surface area contributed by atoms with E-state index in [1.54, 1.807) is 18.2 Å². The van der Waals surface area contributed by atoms with Crippen LogP contribution in [0.4, 0.5) is 5.69 Å². The van der Waals surface area contributed by atoms with Gasteiger partial charge in [0.2, 0.25) is 0 Å². The van der Waals surface area contributed by atoms with Gasteiger partial charge in [0, 0.05) is 29.0 Å². The first-order valence-electron chi connectivity index (χ1n) is 9.52. The van der Waals surface area contributed by atoms with Crippen molar-refractivity contribution in [3.8, 4) is 0 Å². The summed E-state index contributed by atoms with van der Waals surface area (Å²) in [4.78, 5) is 18.4. The molecule has 3 atom stereocenters. The number of benzene rings is 1. The molecule has 3 unspecified atom stereocenters. The van der Waals surface area contributed by atoms with Gasteiger partial charge in [0.15, 0.2) is 0 Å². The number of amides is 1. The molecule has 0 aromatic heterocycles. The van der Waals surface area contributed by atoms with Crippen LogP contribution in [0.15, 0.2) is 23.1 Å². The molecule has 2 aliphatic rings. The van der Waals surface area contributed by atoms with Crippen LogP contribution in [0.25, 0.3) is 0 Å². The summed E-state index contributed by atoms with van der Waals surface area (Å²) in [5.74, 6) is 1.39. The number of rotatable bonds is 9. The molecule has 6 nitrogen and oxygen atoms in total. The van der Waals surface area contributed by atoms with Crippen molar-refractivity contribution in [2.24, 2.45) is 11.8 Å². The van der Waals surface area contributed by atoms with Crippen molar-refractivity contribution in [3.63, 3.8) is 0 Å². The van der Waals surface area contributed by atoms with E-state index in [1.807, 2.05) is 6.92 Å². The first kappa shape index (κ1) is 19.3. The monoisotopic (exact) mass is 379 g/mol. The van der Waals surface area contributed by atoms with E-state index in [1.165, 1.54) is 25.7 Å². The number of carbonyl (C=O) groups excluding carboxylic acids is 1. The van der Waals surface area contributed by atoms with E-state index in [0.29, 0.717) is 40.5 Å². The lowest BCUT2D eigenvalue weighted by Gasteiger charge is -2.23. The van der Waals surface area contributed by atoms with Crippen molar-refractivity contribution in [3.05, 3.63) is 23.8 Å². The van der Waals surface area contributed by atoms with Gasteiger partial charge in [0.05, 0.1) is 22.3 Å². The number of hydroxylamine groups is 1. The highest BCUT2D eigenvalue weighted by molar-refractivity contribution is 7.85. The summed E-state index contributed by atoms with van der Waals surface area (Å²) in [6.45, 7) is 3.41. The highest BCUT2D eigenvalue weighted by Gasteiger charge is 2.31. The quantitative estimate of drug-likeness (QED) is 0.452. The predicted molar refractivity (Wildman–Crippen MR) is 103 cm³/mol. The third-order valence-electron chi connectivity index (χ3n) is 5.25. The Kier molecular flexibility index (Phi) is 6.67. The topological polar surface area (TPSA) is 93.5 Å². The summed E-state index contributed by atoms with van der Waals surface area (Å²) >= 11 is 0. The molecule has 1 aromatic carbocycles. The molecule has 0 radical (unpaired) electrons. The van der Waals surface area contributed by atoms with Crippen LogP contribution < -0.4 is 16.5 Å². The zero-order valence-electron chi connectivity index (χ0n) is 15.3. The molecule has 26 heavy (non-hydrogen) atoms. The molecule has 1 amide bonds. The van der Waals surface area contributed by atoms with E-state index in [9.17, 15) is 9.00 Å². The van der Waals surface area contributed by atoms with Crippen LogP contribution in [0.1, 0.15) is 49.4 Å². The van der Waals surface area contributed by atoms with Crippen LogP contribution in [0.2, 0.25) is 0 Å². The standard InChI is InChI=1S/C19H29N3O3S/c1-2-26(24)18-11-14(7-8-16(18)20)19(23)22-25-12-15(10-13-5-6-13)17-4-3-9-21-17/h7-8,11,13,15,17,21H,2-6,9-10,12,20H2,1H3,(H,22,23). The number of hydrogen-bond acceptors (Lipinski definition) is 5. The van der Waals surface area contributed by atoms with Crippen molar-refractivity contribution in [2.45, 2.75) is 50.0 Å². The minimum absolute atomic E-state index is 0.330. The number of anilines is 1. The third kappa shape index (κ3) is 5.05. The van der Waals surface area contributed by atoms with Crippen LogP contribution in [0, 0.1) is 11.8 Å². The van der Waals surface area contributed by atoms with Crippen LogP contribution >= 0.6 is 0 Å². The smallest absolute Gasteiger partial charge is 0.274 e. The van der Waals surface area contributed by atoms with Gasteiger partial charge in [-0.05, 0) is 49.9 Å². The maximum Gasteiger partial charge on any atom is 0.274 e. The largest absolute Gasteiger partial charge is 0.398 e. The molecule has 1 aliphatic carbocycles. The normalized spacial score (nSPS) is 22.1. The van der Waals surface area contributed by atoms with E-state index in [-0.39, 0.29) is 5.91 Å². The van der Waals surface area contributed by atoms with Gasteiger partial charge in [-0.2, -0.15) is 0 Å². The van der Waals surface area contributed by atoms with Gasteiger partial charge in [-0.15, -0.1) is 0 Å². The van der Waals surface area contributed by atoms with Crippen LogP contribution in [-0.4, -0.2) is 35.1 Å². The summed E-state index contributed by atoms with van der Waals surface area (Å²) in [7, 11) is -1.20. The maximum atomic E-state index is 12.4. The van der Waals surface area contributed by atoms with Gasteiger partial charge >= 0.3 is 0 Å². The van der Waals surface area contributed by atoms with Crippen molar-refractivity contribution < 1.29 is 13.8 Å². The van der Waals surface area contributed by atoms with E-state index in [0.717, 1.165) is 18.9 Å². The number of carbonyl (C=O) groups is 1. The van der Waals surface area contributed by atoms with Crippen LogP contribution in [0.3, 0.4) is 0 Å².